The zero-order valence-electron chi connectivity index (χ0n) is 9.42. The fraction of sp³-hybridized carbons (Fsp3) is 0.0833. The minimum atomic E-state index is -1.05. The fourth-order valence-corrected chi connectivity index (χ4v) is 1.50. The molecule has 2 rings (SSSR count). The van der Waals surface area contributed by atoms with Gasteiger partial charge < -0.3 is 9.84 Å². The monoisotopic (exact) mass is 308 g/mol. The predicted octanol–water partition coefficient (Wildman–Crippen LogP) is 3.04. The minimum absolute atomic E-state index is 0.0707. The molecule has 5 nitrogen and oxygen atoms in total. The molecule has 0 saturated heterocycles. The molecule has 0 aliphatic carbocycles. The summed E-state index contributed by atoms with van der Waals surface area (Å²) in [6, 6.07) is 3.14. The van der Waals surface area contributed by atoms with Gasteiger partial charge in [-0.1, -0.05) is 0 Å². The Morgan fingerprint density at radius 2 is 2.11 bits per heavy atom. The number of aromatic carboxylic acids is 1. The van der Waals surface area contributed by atoms with Crippen LogP contribution < -0.4 is 4.74 Å². The van der Waals surface area contributed by atoms with Gasteiger partial charge in [-0.2, -0.15) is 0 Å². The molecule has 0 fully saturated rings. The second-order valence-electron chi connectivity index (χ2n) is 3.59. The Kier molecular flexibility index (Phi) is 3.57. The number of rotatable bonds is 3. The fourth-order valence-electron chi connectivity index (χ4n) is 1.28. The summed E-state index contributed by atoms with van der Waals surface area (Å²) in [5.74, 6) is -0.322. The summed E-state index contributed by atoms with van der Waals surface area (Å²) in [6.45, 7) is 1.91. The van der Waals surface area contributed by atoms with Crippen molar-refractivity contribution in [3.63, 3.8) is 0 Å². The van der Waals surface area contributed by atoms with Crippen LogP contribution in [-0.4, -0.2) is 21.0 Å². The summed E-state index contributed by atoms with van der Waals surface area (Å²) >= 11 is 3.34. The first kappa shape index (κ1) is 12.5. The molecule has 18 heavy (non-hydrogen) atoms. The summed E-state index contributed by atoms with van der Waals surface area (Å²) < 4.78 is 6.33. The van der Waals surface area contributed by atoms with Crippen LogP contribution in [0.15, 0.2) is 35.2 Å². The van der Waals surface area contributed by atoms with Gasteiger partial charge in [-0.05, 0) is 34.5 Å². The van der Waals surface area contributed by atoms with Crippen molar-refractivity contribution in [3.8, 4) is 11.6 Å². The lowest BCUT2D eigenvalue weighted by atomic mass is 10.3. The number of ether oxygens (including phenoxy) is 1. The van der Waals surface area contributed by atoms with Gasteiger partial charge in [-0.25, -0.2) is 9.78 Å². The standard InChI is InChI=1S/C12H9BrN2O3/c1-7-2-11(15-6-10(7)13)18-9-3-8(12(16)17)4-14-5-9/h2-6H,1H3,(H,16,17). The molecule has 0 atom stereocenters. The highest BCUT2D eigenvalue weighted by molar-refractivity contribution is 9.10. The number of hydrogen-bond donors (Lipinski definition) is 1. The molecule has 0 bridgehead atoms. The van der Waals surface area contributed by atoms with Gasteiger partial charge in [-0.3, -0.25) is 4.98 Å². The lowest BCUT2D eigenvalue weighted by Gasteiger charge is -2.06. The van der Waals surface area contributed by atoms with Crippen molar-refractivity contribution >= 4 is 21.9 Å². The molecule has 0 amide bonds. The summed E-state index contributed by atoms with van der Waals surface area (Å²) in [5, 5.41) is 8.84. The first-order valence-corrected chi connectivity index (χ1v) is 5.84. The first-order chi connectivity index (χ1) is 8.56. The molecule has 0 spiro atoms. The van der Waals surface area contributed by atoms with Gasteiger partial charge >= 0.3 is 5.97 Å². The van der Waals surface area contributed by atoms with Crippen LogP contribution in [0.2, 0.25) is 0 Å². The predicted molar refractivity (Wildman–Crippen MR) is 67.9 cm³/mol. The van der Waals surface area contributed by atoms with Gasteiger partial charge in [0.05, 0.1) is 11.8 Å². The zero-order chi connectivity index (χ0) is 13.1. The lowest BCUT2D eigenvalue weighted by molar-refractivity contribution is 0.0696. The van der Waals surface area contributed by atoms with Crippen LogP contribution in [-0.2, 0) is 0 Å². The van der Waals surface area contributed by atoms with E-state index in [1.54, 1.807) is 12.3 Å². The van der Waals surface area contributed by atoms with E-state index in [-0.39, 0.29) is 5.56 Å². The number of nitrogens with zero attached hydrogens (tertiary/aromatic N) is 2. The van der Waals surface area contributed by atoms with E-state index < -0.39 is 5.97 Å². The summed E-state index contributed by atoms with van der Waals surface area (Å²) in [6.07, 6.45) is 4.32. The normalized spacial score (nSPS) is 10.1. The van der Waals surface area contributed by atoms with E-state index in [0.29, 0.717) is 11.6 Å². The molecule has 1 N–H and O–H groups in total. The number of pyridine rings is 2. The maximum absolute atomic E-state index is 10.8. The molecule has 2 aromatic heterocycles. The van der Waals surface area contributed by atoms with E-state index in [0.717, 1.165) is 10.0 Å². The molecule has 6 heteroatoms. The largest absolute Gasteiger partial charge is 0.478 e. The molecule has 2 heterocycles. The van der Waals surface area contributed by atoms with Crippen LogP contribution in [0.25, 0.3) is 0 Å². The van der Waals surface area contributed by atoms with Gasteiger partial charge in [0.15, 0.2) is 0 Å². The van der Waals surface area contributed by atoms with E-state index in [1.165, 1.54) is 18.5 Å². The number of aryl methyl sites for hydroxylation is 1. The van der Waals surface area contributed by atoms with Crippen molar-refractivity contribution in [1.82, 2.24) is 9.97 Å². The molecule has 0 unspecified atom stereocenters. The van der Waals surface area contributed by atoms with E-state index >= 15 is 0 Å². The third kappa shape index (κ3) is 2.84. The number of carboxylic acids is 1. The number of carbonyl (C=O) groups is 1. The second kappa shape index (κ2) is 5.14. The highest BCUT2D eigenvalue weighted by Gasteiger charge is 2.07. The Labute approximate surface area is 112 Å². The highest BCUT2D eigenvalue weighted by atomic mass is 79.9. The Morgan fingerprint density at radius 1 is 1.33 bits per heavy atom. The number of aromatic nitrogens is 2. The number of carboxylic acid groups (broad SMARTS) is 1. The molecule has 0 radical (unpaired) electrons. The van der Waals surface area contributed by atoms with Crippen molar-refractivity contribution in [3.05, 3.63) is 46.3 Å². The quantitative estimate of drug-likeness (QED) is 0.943. The van der Waals surface area contributed by atoms with Crippen molar-refractivity contribution in [1.29, 1.82) is 0 Å². The van der Waals surface area contributed by atoms with Crippen LogP contribution in [0.5, 0.6) is 11.6 Å². The molecule has 2 aromatic rings. The van der Waals surface area contributed by atoms with Crippen LogP contribution in [0, 0.1) is 6.92 Å². The maximum Gasteiger partial charge on any atom is 0.337 e. The highest BCUT2D eigenvalue weighted by Crippen LogP contribution is 2.23. The Morgan fingerprint density at radius 3 is 2.78 bits per heavy atom. The van der Waals surface area contributed by atoms with Crippen LogP contribution in [0.4, 0.5) is 0 Å². The summed E-state index contributed by atoms with van der Waals surface area (Å²) in [4.78, 5) is 18.7. The van der Waals surface area contributed by atoms with Gasteiger partial charge in [0, 0.05) is 22.9 Å². The first-order valence-electron chi connectivity index (χ1n) is 5.04. The molecular formula is C12H9BrN2O3. The Bertz CT molecular complexity index is 602. The van der Waals surface area contributed by atoms with Gasteiger partial charge in [0.1, 0.15) is 5.75 Å². The smallest absolute Gasteiger partial charge is 0.337 e. The third-order valence-corrected chi connectivity index (χ3v) is 3.03. The molecule has 0 aromatic carbocycles. The van der Waals surface area contributed by atoms with E-state index in [9.17, 15) is 4.79 Å². The SMILES string of the molecule is Cc1cc(Oc2cncc(C(=O)O)c2)ncc1Br. The molecule has 92 valence electrons. The van der Waals surface area contributed by atoms with E-state index in [4.69, 9.17) is 9.84 Å². The van der Waals surface area contributed by atoms with Gasteiger partial charge in [0.2, 0.25) is 5.88 Å². The molecule has 0 saturated carbocycles. The van der Waals surface area contributed by atoms with Crippen LogP contribution in [0.3, 0.4) is 0 Å². The summed E-state index contributed by atoms with van der Waals surface area (Å²) in [7, 11) is 0. The molecular weight excluding hydrogens is 300 g/mol. The Hall–Kier alpha value is -1.95. The zero-order valence-corrected chi connectivity index (χ0v) is 11.0. The molecule has 0 aliphatic rings. The van der Waals surface area contributed by atoms with E-state index in [2.05, 4.69) is 25.9 Å². The lowest BCUT2D eigenvalue weighted by Crippen LogP contribution is -1.98. The average Bonchev–Trinajstić information content (AvgIpc) is 2.34. The van der Waals surface area contributed by atoms with Crippen LogP contribution >= 0.6 is 15.9 Å². The van der Waals surface area contributed by atoms with Gasteiger partial charge in [0.25, 0.3) is 0 Å². The number of halogens is 1. The Balaban J connectivity index is 2.25. The van der Waals surface area contributed by atoms with Crippen molar-refractivity contribution in [2.75, 3.05) is 0 Å². The topological polar surface area (TPSA) is 72.3 Å². The van der Waals surface area contributed by atoms with E-state index in [1.807, 2.05) is 6.92 Å². The third-order valence-electron chi connectivity index (χ3n) is 2.20. The summed E-state index contributed by atoms with van der Waals surface area (Å²) in [5.41, 5.74) is 1.05. The maximum atomic E-state index is 10.8. The average molecular weight is 309 g/mol. The van der Waals surface area contributed by atoms with Crippen molar-refractivity contribution in [2.24, 2.45) is 0 Å². The minimum Gasteiger partial charge on any atom is -0.478 e. The van der Waals surface area contributed by atoms with Crippen molar-refractivity contribution < 1.29 is 14.6 Å². The van der Waals surface area contributed by atoms with Crippen molar-refractivity contribution in [2.45, 2.75) is 6.92 Å². The second-order valence-corrected chi connectivity index (χ2v) is 4.44. The van der Waals surface area contributed by atoms with Crippen LogP contribution in [0.1, 0.15) is 15.9 Å². The molecule has 0 aliphatic heterocycles. The number of hydrogen-bond acceptors (Lipinski definition) is 4. The van der Waals surface area contributed by atoms with Gasteiger partial charge in [-0.15, -0.1) is 0 Å².